The largest absolute Gasteiger partial charge is 0.311 e. The predicted molar refractivity (Wildman–Crippen MR) is 93.1 cm³/mol. The summed E-state index contributed by atoms with van der Waals surface area (Å²) in [6.45, 7) is 0. The van der Waals surface area contributed by atoms with Gasteiger partial charge in [-0.15, -0.1) is 0 Å². The Morgan fingerprint density at radius 3 is 2.57 bits per heavy atom. The van der Waals surface area contributed by atoms with Crippen molar-refractivity contribution in [1.82, 2.24) is 9.99 Å². The first-order chi connectivity index (χ1) is 11.3. The number of nitrogens with zero attached hydrogens (tertiary/aromatic N) is 2. The highest BCUT2D eigenvalue weighted by molar-refractivity contribution is 5.92. The maximum atomic E-state index is 12.3. The Balaban J connectivity index is 1.89. The summed E-state index contributed by atoms with van der Waals surface area (Å²) < 4.78 is 1.68. The average molecular weight is 303 g/mol. The molecule has 1 aromatic heterocycles. The van der Waals surface area contributed by atoms with Crippen LogP contribution in [0.25, 0.3) is 10.9 Å². The first-order valence-corrected chi connectivity index (χ1v) is 7.61. The van der Waals surface area contributed by atoms with Gasteiger partial charge in [0, 0.05) is 24.7 Å². The standard InChI is InChI=1S/C19H17N3O/c1-21-17-10-6-5-9-15(17)18(13-19(21)23)22-16(11-12-20-22)14-7-3-2-4-8-14/h2-13,16,20H,1H3. The first kappa shape index (κ1) is 13.6. The van der Waals surface area contributed by atoms with Gasteiger partial charge in [-0.3, -0.25) is 9.80 Å². The van der Waals surface area contributed by atoms with E-state index in [0.29, 0.717) is 0 Å². The molecule has 1 aliphatic rings. The number of hydrogen-bond donors (Lipinski definition) is 1. The van der Waals surface area contributed by atoms with Crippen molar-refractivity contribution in [2.24, 2.45) is 7.05 Å². The summed E-state index contributed by atoms with van der Waals surface area (Å²) in [7, 11) is 1.80. The van der Waals surface area contributed by atoms with E-state index in [4.69, 9.17) is 0 Å². The van der Waals surface area contributed by atoms with Crippen molar-refractivity contribution in [2.45, 2.75) is 6.04 Å². The monoisotopic (exact) mass is 303 g/mol. The number of rotatable bonds is 2. The summed E-state index contributed by atoms with van der Waals surface area (Å²) in [5.41, 5.74) is 6.25. The fourth-order valence-corrected chi connectivity index (χ4v) is 3.10. The van der Waals surface area contributed by atoms with E-state index in [1.165, 1.54) is 5.56 Å². The summed E-state index contributed by atoms with van der Waals surface area (Å²) in [4.78, 5) is 12.3. The minimum absolute atomic E-state index is 0.0146. The third kappa shape index (κ3) is 2.19. The number of hydrogen-bond acceptors (Lipinski definition) is 3. The molecule has 1 atom stereocenters. The summed E-state index contributed by atoms with van der Waals surface area (Å²) in [6.07, 6.45) is 4.02. The van der Waals surface area contributed by atoms with E-state index >= 15 is 0 Å². The van der Waals surface area contributed by atoms with Crippen molar-refractivity contribution >= 4 is 16.6 Å². The molecule has 1 unspecified atom stereocenters. The van der Waals surface area contributed by atoms with Crippen molar-refractivity contribution in [1.29, 1.82) is 0 Å². The minimum atomic E-state index is -0.0146. The van der Waals surface area contributed by atoms with Crippen LogP contribution in [0.1, 0.15) is 11.6 Å². The number of fused-ring (bicyclic) bond motifs is 1. The van der Waals surface area contributed by atoms with Crippen LogP contribution in [-0.2, 0) is 7.05 Å². The second-order valence-corrected chi connectivity index (χ2v) is 5.66. The fraction of sp³-hybridized carbons (Fsp3) is 0.105. The number of para-hydroxylation sites is 1. The number of pyridine rings is 1. The van der Waals surface area contributed by atoms with E-state index in [2.05, 4.69) is 23.6 Å². The van der Waals surface area contributed by atoms with Gasteiger partial charge in [-0.05, 0) is 17.7 Å². The average Bonchev–Trinajstić information content (AvgIpc) is 3.08. The van der Waals surface area contributed by atoms with E-state index in [0.717, 1.165) is 16.6 Å². The molecule has 0 bridgehead atoms. The maximum Gasteiger partial charge on any atom is 0.252 e. The Morgan fingerprint density at radius 1 is 1.00 bits per heavy atom. The fourth-order valence-electron chi connectivity index (χ4n) is 3.10. The lowest BCUT2D eigenvalue weighted by Crippen LogP contribution is -2.34. The lowest BCUT2D eigenvalue weighted by atomic mass is 10.1. The highest BCUT2D eigenvalue weighted by atomic mass is 16.1. The molecular formula is C19H17N3O. The summed E-state index contributed by atoms with van der Waals surface area (Å²) in [6, 6.07) is 20.0. The third-order valence-corrected chi connectivity index (χ3v) is 4.30. The molecule has 1 N–H and O–H groups in total. The van der Waals surface area contributed by atoms with Gasteiger partial charge in [0.2, 0.25) is 0 Å². The van der Waals surface area contributed by atoms with E-state index in [1.807, 2.05) is 53.7 Å². The van der Waals surface area contributed by atoms with Gasteiger partial charge in [-0.25, -0.2) is 0 Å². The van der Waals surface area contributed by atoms with E-state index < -0.39 is 0 Å². The number of hydrazine groups is 1. The molecule has 0 aliphatic carbocycles. The van der Waals surface area contributed by atoms with Crippen LogP contribution in [0.15, 0.2) is 77.7 Å². The van der Waals surface area contributed by atoms with Crippen LogP contribution in [-0.4, -0.2) is 4.57 Å². The molecule has 0 radical (unpaired) electrons. The smallest absolute Gasteiger partial charge is 0.252 e. The van der Waals surface area contributed by atoms with Crippen molar-refractivity contribution in [3.8, 4) is 0 Å². The third-order valence-electron chi connectivity index (χ3n) is 4.30. The number of nitrogens with one attached hydrogen (secondary N) is 1. The Hall–Kier alpha value is -3.01. The second kappa shape index (κ2) is 5.32. The highest BCUT2D eigenvalue weighted by Gasteiger charge is 2.24. The lowest BCUT2D eigenvalue weighted by Gasteiger charge is -2.28. The molecule has 1 aliphatic heterocycles. The molecule has 4 rings (SSSR count). The zero-order valence-electron chi connectivity index (χ0n) is 12.8. The summed E-state index contributed by atoms with van der Waals surface area (Å²) >= 11 is 0. The number of benzene rings is 2. The molecular weight excluding hydrogens is 286 g/mol. The Bertz CT molecular complexity index is 944. The Morgan fingerprint density at radius 2 is 1.74 bits per heavy atom. The zero-order chi connectivity index (χ0) is 15.8. The second-order valence-electron chi connectivity index (χ2n) is 5.66. The van der Waals surface area contributed by atoms with Crippen molar-refractivity contribution in [3.05, 3.63) is 88.9 Å². The van der Waals surface area contributed by atoms with Crippen LogP contribution in [0.5, 0.6) is 0 Å². The van der Waals surface area contributed by atoms with Crippen LogP contribution in [0.4, 0.5) is 5.69 Å². The molecule has 0 spiro atoms. The zero-order valence-corrected chi connectivity index (χ0v) is 12.8. The van der Waals surface area contributed by atoms with Gasteiger partial charge in [-0.1, -0.05) is 48.5 Å². The van der Waals surface area contributed by atoms with Crippen molar-refractivity contribution in [2.75, 3.05) is 5.01 Å². The van der Waals surface area contributed by atoms with Gasteiger partial charge >= 0.3 is 0 Å². The van der Waals surface area contributed by atoms with Crippen LogP contribution in [0.3, 0.4) is 0 Å². The normalized spacial score (nSPS) is 16.7. The maximum absolute atomic E-state index is 12.3. The van der Waals surface area contributed by atoms with E-state index in [-0.39, 0.29) is 11.6 Å². The van der Waals surface area contributed by atoms with Crippen molar-refractivity contribution < 1.29 is 0 Å². The number of anilines is 1. The van der Waals surface area contributed by atoms with E-state index in [1.54, 1.807) is 17.7 Å². The molecule has 0 saturated carbocycles. The molecule has 23 heavy (non-hydrogen) atoms. The van der Waals surface area contributed by atoms with E-state index in [9.17, 15) is 4.79 Å². The molecule has 0 amide bonds. The summed E-state index contributed by atoms with van der Waals surface area (Å²) in [5, 5.41) is 3.09. The molecule has 4 nitrogen and oxygen atoms in total. The molecule has 3 aromatic rings. The molecule has 0 fully saturated rings. The topological polar surface area (TPSA) is 37.3 Å². The lowest BCUT2D eigenvalue weighted by molar-refractivity contribution is 0.719. The van der Waals surface area contributed by atoms with Gasteiger partial charge in [0.15, 0.2) is 0 Å². The Labute approximate surface area is 134 Å². The molecule has 0 saturated heterocycles. The van der Waals surface area contributed by atoms with Gasteiger partial charge < -0.3 is 9.99 Å². The highest BCUT2D eigenvalue weighted by Crippen LogP contribution is 2.33. The molecule has 4 heteroatoms. The van der Waals surface area contributed by atoms with Gasteiger partial charge in [0.1, 0.15) is 0 Å². The van der Waals surface area contributed by atoms with Gasteiger partial charge in [-0.2, -0.15) is 0 Å². The van der Waals surface area contributed by atoms with Gasteiger partial charge in [0.25, 0.3) is 5.56 Å². The van der Waals surface area contributed by atoms with Gasteiger partial charge in [0.05, 0.1) is 17.2 Å². The SMILES string of the molecule is Cn1c(=O)cc(N2NC=CC2c2ccccc2)c2ccccc21. The predicted octanol–water partition coefficient (Wildman–Crippen LogP) is 3.12. The quantitative estimate of drug-likeness (QED) is 0.790. The molecule has 114 valence electrons. The van der Waals surface area contributed by atoms with Crippen LogP contribution in [0, 0.1) is 0 Å². The number of aromatic nitrogens is 1. The first-order valence-electron chi connectivity index (χ1n) is 7.61. The number of aryl methyl sites for hydroxylation is 1. The van der Waals surface area contributed by atoms with Crippen LogP contribution in [0.2, 0.25) is 0 Å². The van der Waals surface area contributed by atoms with Crippen LogP contribution >= 0.6 is 0 Å². The Kier molecular flexibility index (Phi) is 3.15. The summed E-state index contributed by atoms with van der Waals surface area (Å²) in [5.74, 6) is 0. The van der Waals surface area contributed by atoms with Crippen LogP contribution < -0.4 is 16.0 Å². The molecule has 2 aromatic carbocycles. The molecule has 2 heterocycles. The van der Waals surface area contributed by atoms with Crippen molar-refractivity contribution in [3.63, 3.8) is 0 Å². The minimum Gasteiger partial charge on any atom is -0.311 e.